The second-order valence-electron chi connectivity index (χ2n) is 4.59. The summed E-state index contributed by atoms with van der Waals surface area (Å²) in [6, 6.07) is 4.87. The summed E-state index contributed by atoms with van der Waals surface area (Å²) < 4.78 is 3.09. The molecule has 0 aliphatic heterocycles. The van der Waals surface area contributed by atoms with Crippen molar-refractivity contribution in [3.05, 3.63) is 46.1 Å². The van der Waals surface area contributed by atoms with Gasteiger partial charge in [-0.3, -0.25) is 13.9 Å². The lowest BCUT2D eigenvalue weighted by atomic mass is 10.2. The Morgan fingerprint density at radius 3 is 2.67 bits per heavy atom. The molecule has 21 heavy (non-hydrogen) atoms. The van der Waals surface area contributed by atoms with Crippen molar-refractivity contribution in [3.8, 4) is 0 Å². The number of rotatable bonds is 5. The summed E-state index contributed by atoms with van der Waals surface area (Å²) in [5.41, 5.74) is 6.57. The Bertz CT molecular complexity index is 705. The molecule has 0 bridgehead atoms. The molecule has 1 aromatic heterocycles. The number of benzene rings is 1. The number of aryl methyl sites for hydroxylation is 2. The molecule has 2 rings (SSSR count). The zero-order valence-electron chi connectivity index (χ0n) is 11.7. The topological polar surface area (TPSA) is 82.1 Å². The first-order valence-corrected chi connectivity index (χ1v) is 6.99. The van der Waals surface area contributed by atoms with E-state index in [4.69, 9.17) is 17.3 Å². The SMILES string of the molecule is CCn1ccn(CCC(=O)Nc2ccc(Cl)cc2N)c1=O. The van der Waals surface area contributed by atoms with Gasteiger partial charge >= 0.3 is 5.69 Å². The van der Waals surface area contributed by atoms with E-state index in [1.807, 2.05) is 6.92 Å². The minimum absolute atomic E-state index is 0.115. The van der Waals surface area contributed by atoms with E-state index in [0.717, 1.165) is 0 Å². The number of nitrogen functional groups attached to an aromatic ring is 1. The number of carbonyl (C=O) groups is 1. The van der Waals surface area contributed by atoms with E-state index in [1.54, 1.807) is 35.2 Å². The molecule has 0 saturated heterocycles. The van der Waals surface area contributed by atoms with E-state index >= 15 is 0 Å². The largest absolute Gasteiger partial charge is 0.397 e. The summed E-state index contributed by atoms with van der Waals surface area (Å²) in [5, 5.41) is 3.22. The number of aromatic nitrogens is 2. The molecule has 0 fully saturated rings. The molecule has 1 amide bonds. The molecule has 1 heterocycles. The third-order valence-corrected chi connectivity index (χ3v) is 3.36. The molecule has 3 N–H and O–H groups in total. The molecular weight excluding hydrogens is 292 g/mol. The van der Waals surface area contributed by atoms with Crippen molar-refractivity contribution >= 4 is 28.9 Å². The summed E-state index contributed by atoms with van der Waals surface area (Å²) in [5.74, 6) is -0.208. The Kier molecular flexibility index (Phi) is 4.70. The standard InChI is InChI=1S/C14H17ClN4O2/c1-2-18-7-8-19(14(18)21)6-5-13(20)17-12-4-3-10(15)9-11(12)16/h3-4,7-9H,2,5-6,16H2,1H3,(H,17,20). The van der Waals surface area contributed by atoms with Crippen LogP contribution in [0.2, 0.25) is 5.02 Å². The van der Waals surface area contributed by atoms with Gasteiger partial charge in [0.15, 0.2) is 0 Å². The van der Waals surface area contributed by atoms with E-state index in [-0.39, 0.29) is 18.0 Å². The van der Waals surface area contributed by atoms with Gasteiger partial charge in [0, 0.05) is 36.9 Å². The molecule has 112 valence electrons. The molecule has 7 heteroatoms. The molecule has 6 nitrogen and oxygen atoms in total. The van der Waals surface area contributed by atoms with Crippen molar-refractivity contribution in [2.24, 2.45) is 0 Å². The number of carbonyl (C=O) groups excluding carboxylic acids is 1. The summed E-state index contributed by atoms with van der Waals surface area (Å²) >= 11 is 5.80. The number of nitrogens with two attached hydrogens (primary N) is 1. The van der Waals surface area contributed by atoms with Crippen molar-refractivity contribution < 1.29 is 4.79 Å². The molecule has 2 aromatic rings. The highest BCUT2D eigenvalue weighted by molar-refractivity contribution is 6.31. The maximum absolute atomic E-state index is 11.9. The predicted octanol–water partition coefficient (Wildman–Crippen LogP) is 1.93. The van der Waals surface area contributed by atoms with E-state index < -0.39 is 0 Å². The van der Waals surface area contributed by atoms with Gasteiger partial charge in [-0.15, -0.1) is 0 Å². The van der Waals surface area contributed by atoms with Gasteiger partial charge in [0.25, 0.3) is 0 Å². The monoisotopic (exact) mass is 308 g/mol. The van der Waals surface area contributed by atoms with Crippen LogP contribution in [0.1, 0.15) is 13.3 Å². The molecule has 0 aliphatic rings. The van der Waals surface area contributed by atoms with Crippen LogP contribution >= 0.6 is 11.6 Å². The second-order valence-corrected chi connectivity index (χ2v) is 5.03. The molecule has 0 saturated carbocycles. The zero-order valence-corrected chi connectivity index (χ0v) is 12.4. The van der Waals surface area contributed by atoms with Gasteiger partial charge in [0.05, 0.1) is 11.4 Å². The number of nitrogens with zero attached hydrogens (tertiary/aromatic N) is 2. The van der Waals surface area contributed by atoms with Crippen LogP contribution in [-0.4, -0.2) is 15.0 Å². The van der Waals surface area contributed by atoms with Gasteiger partial charge in [0.2, 0.25) is 5.91 Å². The highest BCUT2D eigenvalue weighted by Crippen LogP contribution is 2.22. The highest BCUT2D eigenvalue weighted by Gasteiger charge is 2.08. The minimum Gasteiger partial charge on any atom is -0.397 e. The molecule has 0 aliphatic carbocycles. The first-order chi connectivity index (χ1) is 10.0. The fraction of sp³-hybridized carbons (Fsp3) is 0.286. The Hall–Kier alpha value is -2.21. The average Bonchev–Trinajstić information content (AvgIpc) is 2.80. The normalized spacial score (nSPS) is 10.6. The van der Waals surface area contributed by atoms with Crippen molar-refractivity contribution in [1.29, 1.82) is 0 Å². The third kappa shape index (κ3) is 3.66. The Morgan fingerprint density at radius 1 is 1.33 bits per heavy atom. The minimum atomic E-state index is -0.208. The van der Waals surface area contributed by atoms with Crippen molar-refractivity contribution in [2.45, 2.75) is 26.4 Å². The zero-order chi connectivity index (χ0) is 15.4. The lowest BCUT2D eigenvalue weighted by Gasteiger charge is -2.08. The molecule has 0 atom stereocenters. The van der Waals surface area contributed by atoms with Crippen LogP contribution in [0.25, 0.3) is 0 Å². The van der Waals surface area contributed by atoms with Crippen molar-refractivity contribution in [2.75, 3.05) is 11.1 Å². The highest BCUT2D eigenvalue weighted by atomic mass is 35.5. The maximum Gasteiger partial charge on any atom is 0.328 e. The second kappa shape index (κ2) is 6.49. The van der Waals surface area contributed by atoms with Crippen LogP contribution in [-0.2, 0) is 17.9 Å². The summed E-state index contributed by atoms with van der Waals surface area (Å²) in [4.78, 5) is 23.7. The fourth-order valence-corrected chi connectivity index (χ4v) is 2.13. The van der Waals surface area contributed by atoms with Crippen molar-refractivity contribution in [3.63, 3.8) is 0 Å². The fourth-order valence-electron chi connectivity index (χ4n) is 1.95. The van der Waals surface area contributed by atoms with E-state index in [0.29, 0.717) is 29.5 Å². The Labute approximate surface area is 127 Å². The van der Waals surface area contributed by atoms with Crippen LogP contribution in [0, 0.1) is 0 Å². The van der Waals surface area contributed by atoms with Crippen LogP contribution in [0.3, 0.4) is 0 Å². The van der Waals surface area contributed by atoms with Gasteiger partial charge in [-0.25, -0.2) is 4.79 Å². The van der Waals surface area contributed by atoms with Gasteiger partial charge in [-0.1, -0.05) is 11.6 Å². The van der Waals surface area contributed by atoms with E-state index in [1.165, 1.54) is 4.57 Å². The average molecular weight is 309 g/mol. The number of anilines is 2. The van der Waals surface area contributed by atoms with Crippen LogP contribution in [0.5, 0.6) is 0 Å². The Morgan fingerprint density at radius 2 is 2.05 bits per heavy atom. The van der Waals surface area contributed by atoms with Crippen LogP contribution in [0.15, 0.2) is 35.4 Å². The van der Waals surface area contributed by atoms with Gasteiger partial charge in [-0.05, 0) is 25.1 Å². The molecule has 1 aromatic carbocycles. The number of nitrogens with one attached hydrogen (secondary N) is 1. The number of halogens is 1. The number of imidazole rings is 1. The third-order valence-electron chi connectivity index (χ3n) is 3.13. The van der Waals surface area contributed by atoms with E-state index in [2.05, 4.69) is 5.32 Å². The quantitative estimate of drug-likeness (QED) is 0.828. The van der Waals surface area contributed by atoms with Crippen LogP contribution in [0.4, 0.5) is 11.4 Å². The molecular formula is C14H17ClN4O2. The number of hydrogen-bond acceptors (Lipinski definition) is 3. The summed E-state index contributed by atoms with van der Waals surface area (Å²) in [7, 11) is 0. The predicted molar refractivity (Wildman–Crippen MR) is 83.5 cm³/mol. The van der Waals surface area contributed by atoms with Gasteiger partial charge < -0.3 is 11.1 Å². The van der Waals surface area contributed by atoms with Crippen molar-refractivity contribution in [1.82, 2.24) is 9.13 Å². The van der Waals surface area contributed by atoms with Crippen LogP contribution < -0.4 is 16.7 Å². The maximum atomic E-state index is 11.9. The van der Waals surface area contributed by atoms with Gasteiger partial charge in [-0.2, -0.15) is 0 Å². The number of amides is 1. The lowest BCUT2D eigenvalue weighted by Crippen LogP contribution is -2.25. The molecule has 0 unspecified atom stereocenters. The first kappa shape index (κ1) is 15.2. The lowest BCUT2D eigenvalue weighted by molar-refractivity contribution is -0.116. The summed E-state index contributed by atoms with van der Waals surface area (Å²) in [6.07, 6.45) is 3.57. The number of hydrogen-bond donors (Lipinski definition) is 2. The molecule has 0 radical (unpaired) electrons. The molecule has 0 spiro atoms. The van der Waals surface area contributed by atoms with E-state index in [9.17, 15) is 9.59 Å². The Balaban J connectivity index is 1.96. The van der Waals surface area contributed by atoms with Gasteiger partial charge in [0.1, 0.15) is 0 Å². The first-order valence-electron chi connectivity index (χ1n) is 6.61. The smallest absolute Gasteiger partial charge is 0.328 e. The summed E-state index contributed by atoms with van der Waals surface area (Å²) in [6.45, 7) is 2.83.